The summed E-state index contributed by atoms with van der Waals surface area (Å²) in [6, 6.07) is 1.20. The molecule has 0 bridgehead atoms. The van der Waals surface area contributed by atoms with Crippen molar-refractivity contribution in [1.82, 2.24) is 4.90 Å². The first-order valence-corrected chi connectivity index (χ1v) is 6.18. The topological polar surface area (TPSA) is 83.6 Å². The van der Waals surface area contributed by atoms with E-state index < -0.39 is 12.0 Å². The molecule has 0 fully saturated rings. The van der Waals surface area contributed by atoms with Crippen molar-refractivity contribution in [3.63, 3.8) is 0 Å². The lowest BCUT2D eigenvalue weighted by molar-refractivity contribution is -0.137. The summed E-state index contributed by atoms with van der Waals surface area (Å²) in [5, 5.41) is 12.4. The highest BCUT2D eigenvalue weighted by Crippen LogP contribution is 2.09. The van der Waals surface area contributed by atoms with Crippen LogP contribution in [0.1, 0.15) is 18.4 Å². The number of nitrogens with zero attached hydrogens (tertiary/aromatic N) is 1. The number of carbonyl (C=O) groups is 2. The van der Waals surface area contributed by atoms with E-state index in [0.717, 1.165) is 5.56 Å². The van der Waals surface area contributed by atoms with Gasteiger partial charge in [0.05, 0.1) is 6.04 Å². The van der Waals surface area contributed by atoms with Crippen LogP contribution in [-0.2, 0) is 16.1 Å². The lowest BCUT2D eigenvalue weighted by Gasteiger charge is -2.20. The fraction of sp³-hybridized carbons (Fsp3) is 0.455. The van der Waals surface area contributed by atoms with E-state index in [0.29, 0.717) is 6.54 Å². The minimum atomic E-state index is -0.936. The van der Waals surface area contributed by atoms with Crippen LogP contribution in [0, 0.1) is 0 Å². The molecule has 0 spiro atoms. The number of hydrogen-bond acceptors (Lipinski definition) is 4. The van der Waals surface area contributed by atoms with Crippen molar-refractivity contribution in [2.24, 2.45) is 5.73 Å². The van der Waals surface area contributed by atoms with Crippen molar-refractivity contribution in [1.29, 1.82) is 0 Å². The molecule has 1 aromatic rings. The molecule has 1 heterocycles. The third-order valence-corrected chi connectivity index (χ3v) is 3.09. The number of carbonyl (C=O) groups excluding carboxylic acids is 1. The molecule has 6 heteroatoms. The maximum atomic E-state index is 11.8. The van der Waals surface area contributed by atoms with E-state index in [9.17, 15) is 9.59 Å². The quantitative estimate of drug-likeness (QED) is 0.792. The van der Waals surface area contributed by atoms with Crippen LogP contribution in [0.3, 0.4) is 0 Å². The first-order chi connectivity index (χ1) is 8.00. The summed E-state index contributed by atoms with van der Waals surface area (Å²) in [6.45, 7) is 0.503. The number of likely N-dealkylation sites (N-methyl/N-ethyl adjacent to an activating group) is 1. The molecule has 0 aromatic carbocycles. The molecule has 17 heavy (non-hydrogen) atoms. The predicted octanol–water partition coefficient (Wildman–Crippen LogP) is 0.899. The predicted molar refractivity (Wildman–Crippen MR) is 65.6 cm³/mol. The van der Waals surface area contributed by atoms with Crippen LogP contribution < -0.4 is 5.73 Å². The Hall–Kier alpha value is -1.40. The van der Waals surface area contributed by atoms with Crippen molar-refractivity contribution in [3.05, 3.63) is 22.4 Å². The molecule has 1 atom stereocenters. The molecule has 0 saturated heterocycles. The Morgan fingerprint density at radius 1 is 1.59 bits per heavy atom. The maximum Gasteiger partial charge on any atom is 0.303 e. The van der Waals surface area contributed by atoms with Crippen molar-refractivity contribution in [2.75, 3.05) is 7.05 Å². The molecule has 5 nitrogen and oxygen atoms in total. The van der Waals surface area contributed by atoms with Crippen LogP contribution >= 0.6 is 11.3 Å². The van der Waals surface area contributed by atoms with Gasteiger partial charge in [0.1, 0.15) is 0 Å². The van der Waals surface area contributed by atoms with Crippen molar-refractivity contribution in [3.8, 4) is 0 Å². The lowest BCUT2D eigenvalue weighted by atomic mass is 10.1. The van der Waals surface area contributed by atoms with Crippen LogP contribution in [-0.4, -0.2) is 35.0 Å². The Labute approximate surface area is 104 Å². The SMILES string of the molecule is CN(Cc1ccsc1)C(=O)C(N)CCC(=O)O. The Bertz CT molecular complexity index is 378. The highest BCUT2D eigenvalue weighted by Gasteiger charge is 2.18. The summed E-state index contributed by atoms with van der Waals surface area (Å²) in [5.74, 6) is -1.16. The molecular weight excluding hydrogens is 240 g/mol. The number of nitrogens with two attached hydrogens (primary N) is 1. The molecule has 0 radical (unpaired) electrons. The molecule has 1 rings (SSSR count). The zero-order valence-electron chi connectivity index (χ0n) is 9.63. The summed E-state index contributed by atoms with van der Waals surface area (Å²) in [5.41, 5.74) is 6.70. The summed E-state index contributed by atoms with van der Waals surface area (Å²) in [6.07, 6.45) is 0.0847. The summed E-state index contributed by atoms with van der Waals surface area (Å²) < 4.78 is 0. The zero-order valence-corrected chi connectivity index (χ0v) is 10.4. The van der Waals surface area contributed by atoms with Gasteiger partial charge in [0.25, 0.3) is 0 Å². The number of carboxylic acids is 1. The molecule has 0 aliphatic heterocycles. The third kappa shape index (κ3) is 4.54. The normalized spacial score (nSPS) is 12.1. The van der Waals surface area contributed by atoms with Crippen molar-refractivity contribution >= 4 is 23.2 Å². The van der Waals surface area contributed by atoms with Gasteiger partial charge in [0.2, 0.25) is 5.91 Å². The van der Waals surface area contributed by atoms with Gasteiger partial charge in [0.15, 0.2) is 0 Å². The summed E-state index contributed by atoms with van der Waals surface area (Å²) in [4.78, 5) is 23.7. The summed E-state index contributed by atoms with van der Waals surface area (Å²) >= 11 is 1.57. The second-order valence-corrected chi connectivity index (χ2v) is 4.64. The fourth-order valence-electron chi connectivity index (χ4n) is 1.42. The van der Waals surface area contributed by atoms with Crippen LogP contribution in [0.25, 0.3) is 0 Å². The van der Waals surface area contributed by atoms with Crippen LogP contribution in [0.4, 0.5) is 0 Å². The molecule has 1 amide bonds. The van der Waals surface area contributed by atoms with Gasteiger partial charge in [-0.1, -0.05) is 0 Å². The molecule has 94 valence electrons. The third-order valence-electron chi connectivity index (χ3n) is 2.36. The minimum absolute atomic E-state index is 0.0841. The van der Waals surface area contributed by atoms with Gasteiger partial charge < -0.3 is 15.7 Å². The first-order valence-electron chi connectivity index (χ1n) is 5.24. The van der Waals surface area contributed by atoms with Gasteiger partial charge in [-0.25, -0.2) is 0 Å². The molecule has 1 aromatic heterocycles. The van der Waals surface area contributed by atoms with Gasteiger partial charge in [0, 0.05) is 20.0 Å². The monoisotopic (exact) mass is 256 g/mol. The van der Waals surface area contributed by atoms with Gasteiger partial charge in [-0.15, -0.1) is 0 Å². The van der Waals surface area contributed by atoms with Gasteiger partial charge in [-0.3, -0.25) is 9.59 Å². The lowest BCUT2D eigenvalue weighted by Crippen LogP contribution is -2.41. The zero-order chi connectivity index (χ0) is 12.8. The Morgan fingerprint density at radius 3 is 2.82 bits per heavy atom. The van der Waals surface area contributed by atoms with E-state index in [-0.39, 0.29) is 18.7 Å². The van der Waals surface area contributed by atoms with E-state index in [2.05, 4.69) is 0 Å². The van der Waals surface area contributed by atoms with Crippen LogP contribution in [0.15, 0.2) is 16.8 Å². The van der Waals surface area contributed by atoms with E-state index >= 15 is 0 Å². The van der Waals surface area contributed by atoms with E-state index in [1.165, 1.54) is 4.90 Å². The largest absolute Gasteiger partial charge is 0.481 e. The molecule has 0 saturated carbocycles. The molecule has 0 aliphatic carbocycles. The second kappa shape index (κ2) is 6.36. The van der Waals surface area contributed by atoms with Gasteiger partial charge in [-0.05, 0) is 28.8 Å². The van der Waals surface area contributed by atoms with E-state index in [1.807, 2.05) is 16.8 Å². The van der Waals surface area contributed by atoms with E-state index in [1.54, 1.807) is 18.4 Å². The number of rotatable bonds is 6. The van der Waals surface area contributed by atoms with Crippen molar-refractivity contribution < 1.29 is 14.7 Å². The standard InChI is InChI=1S/C11H16N2O3S/c1-13(6-8-4-5-17-7-8)11(16)9(12)2-3-10(14)15/h4-5,7,9H,2-3,6,12H2,1H3,(H,14,15). The van der Waals surface area contributed by atoms with Gasteiger partial charge >= 0.3 is 5.97 Å². The number of hydrogen-bond donors (Lipinski definition) is 2. The first kappa shape index (κ1) is 13.7. The highest BCUT2D eigenvalue weighted by atomic mass is 32.1. The second-order valence-electron chi connectivity index (χ2n) is 3.86. The Kier molecular flexibility index (Phi) is 5.11. The number of thiophene rings is 1. The summed E-state index contributed by atoms with van der Waals surface area (Å²) in [7, 11) is 1.67. The maximum absolute atomic E-state index is 11.8. The smallest absolute Gasteiger partial charge is 0.303 e. The molecular formula is C11H16N2O3S. The van der Waals surface area contributed by atoms with Crippen LogP contribution in [0.2, 0.25) is 0 Å². The number of carboxylic acid groups (broad SMARTS) is 1. The fourth-order valence-corrected chi connectivity index (χ4v) is 2.08. The average Bonchev–Trinajstić information content (AvgIpc) is 2.77. The Balaban J connectivity index is 2.42. The van der Waals surface area contributed by atoms with Crippen molar-refractivity contribution in [2.45, 2.75) is 25.4 Å². The van der Waals surface area contributed by atoms with E-state index in [4.69, 9.17) is 10.8 Å². The molecule has 1 unspecified atom stereocenters. The molecule has 3 N–H and O–H groups in total. The number of aliphatic carboxylic acids is 1. The van der Waals surface area contributed by atoms with Crippen LogP contribution in [0.5, 0.6) is 0 Å². The number of amides is 1. The highest BCUT2D eigenvalue weighted by molar-refractivity contribution is 7.07. The molecule has 0 aliphatic rings. The van der Waals surface area contributed by atoms with Gasteiger partial charge in [-0.2, -0.15) is 11.3 Å². The average molecular weight is 256 g/mol. The minimum Gasteiger partial charge on any atom is -0.481 e. The Morgan fingerprint density at radius 2 is 2.29 bits per heavy atom.